The van der Waals surface area contributed by atoms with Gasteiger partial charge in [-0.2, -0.15) is 0 Å². The highest BCUT2D eigenvalue weighted by Crippen LogP contribution is 2.40. The number of piperidine rings is 1. The van der Waals surface area contributed by atoms with E-state index in [0.29, 0.717) is 19.4 Å². The first-order valence-electron chi connectivity index (χ1n) is 13.2. The van der Waals surface area contributed by atoms with Crippen LogP contribution in [0.3, 0.4) is 0 Å². The van der Waals surface area contributed by atoms with Gasteiger partial charge in [-0.25, -0.2) is 4.79 Å². The van der Waals surface area contributed by atoms with Crippen molar-refractivity contribution in [1.29, 1.82) is 0 Å². The second-order valence-electron chi connectivity index (χ2n) is 10.4. The quantitative estimate of drug-likeness (QED) is 0.476. The molecule has 1 spiro atoms. The topological polar surface area (TPSA) is 43.9 Å². The Labute approximate surface area is 213 Å². The molecule has 2 saturated heterocycles. The largest absolute Gasteiger partial charge is 0.327 e. The molecule has 5 nitrogen and oxygen atoms in total. The van der Waals surface area contributed by atoms with Gasteiger partial charge in [-0.05, 0) is 60.4 Å². The minimum atomic E-state index is -0.686. The summed E-state index contributed by atoms with van der Waals surface area (Å²) in [6.45, 7) is 5.06. The van der Waals surface area contributed by atoms with E-state index < -0.39 is 5.54 Å². The highest BCUT2D eigenvalue weighted by atomic mass is 16.2. The van der Waals surface area contributed by atoms with Crippen molar-refractivity contribution in [3.8, 4) is 11.1 Å². The van der Waals surface area contributed by atoms with Gasteiger partial charge in [0, 0.05) is 32.2 Å². The number of imide groups is 1. The van der Waals surface area contributed by atoms with E-state index in [9.17, 15) is 9.59 Å². The Morgan fingerprint density at radius 3 is 1.97 bits per heavy atom. The smallest absolute Gasteiger partial charge is 0.310 e. The fraction of sp³-hybridized carbons (Fsp3) is 0.355. The number of hydrogen-bond donors (Lipinski definition) is 0. The van der Waals surface area contributed by atoms with Crippen molar-refractivity contribution < 1.29 is 9.59 Å². The molecule has 2 fully saturated rings. The van der Waals surface area contributed by atoms with Gasteiger partial charge in [0.25, 0.3) is 5.91 Å². The summed E-state index contributed by atoms with van der Waals surface area (Å²) in [6, 6.07) is 27.4. The Morgan fingerprint density at radius 2 is 1.36 bits per heavy atom. The van der Waals surface area contributed by atoms with Crippen molar-refractivity contribution in [2.24, 2.45) is 0 Å². The van der Waals surface area contributed by atoms with Gasteiger partial charge in [0.1, 0.15) is 5.54 Å². The molecule has 0 radical (unpaired) electrons. The van der Waals surface area contributed by atoms with Crippen LogP contribution in [0.25, 0.3) is 11.1 Å². The Bertz CT molecular complexity index is 1240. The fourth-order valence-corrected chi connectivity index (χ4v) is 6.47. The number of fused-ring (bicyclic) bond motifs is 1. The van der Waals surface area contributed by atoms with Crippen LogP contribution in [0.2, 0.25) is 0 Å². The van der Waals surface area contributed by atoms with Gasteiger partial charge in [0.2, 0.25) is 0 Å². The number of hydrogen-bond acceptors (Lipinski definition) is 3. The van der Waals surface area contributed by atoms with Crippen molar-refractivity contribution in [3.05, 3.63) is 95.6 Å². The lowest BCUT2D eigenvalue weighted by molar-refractivity contribution is -0.137. The van der Waals surface area contributed by atoms with Crippen LogP contribution in [-0.4, -0.2) is 57.9 Å². The van der Waals surface area contributed by atoms with E-state index in [4.69, 9.17) is 0 Å². The molecule has 0 N–H and O–H groups in total. The number of nitrogens with zero attached hydrogens (tertiary/aromatic N) is 3. The van der Waals surface area contributed by atoms with E-state index in [1.165, 1.54) is 27.8 Å². The molecule has 184 valence electrons. The molecule has 0 atom stereocenters. The van der Waals surface area contributed by atoms with Crippen molar-refractivity contribution in [1.82, 2.24) is 14.7 Å². The van der Waals surface area contributed by atoms with E-state index in [-0.39, 0.29) is 18.0 Å². The maximum atomic E-state index is 13.9. The number of amides is 3. The van der Waals surface area contributed by atoms with Crippen LogP contribution < -0.4 is 0 Å². The van der Waals surface area contributed by atoms with Gasteiger partial charge in [0.15, 0.2) is 0 Å². The van der Waals surface area contributed by atoms with Gasteiger partial charge in [0.05, 0.1) is 0 Å². The summed E-state index contributed by atoms with van der Waals surface area (Å²) >= 11 is 0. The molecule has 0 saturated carbocycles. The van der Waals surface area contributed by atoms with Crippen molar-refractivity contribution in [2.45, 2.75) is 50.7 Å². The molecule has 3 aliphatic rings. The van der Waals surface area contributed by atoms with Crippen LogP contribution >= 0.6 is 0 Å². The molecule has 6 rings (SSSR count). The molecule has 5 heteroatoms. The standard InChI is InChI=1S/C31H33N3O2/c1-2-33-30(36)34(28-20-26-10-6-7-11-27(26)21-28)29(35)31(33)16-18-32(19-17-31)22-23-12-14-25(15-13-23)24-8-4-3-5-9-24/h3-15,28H,2,16-22H2,1H3. The molecule has 2 heterocycles. The molecule has 0 bridgehead atoms. The molecular formula is C31H33N3O2. The molecule has 0 unspecified atom stereocenters. The fourth-order valence-electron chi connectivity index (χ4n) is 6.47. The molecule has 36 heavy (non-hydrogen) atoms. The highest BCUT2D eigenvalue weighted by molar-refractivity contribution is 6.07. The summed E-state index contributed by atoms with van der Waals surface area (Å²) in [6.07, 6.45) is 2.94. The lowest BCUT2D eigenvalue weighted by Crippen LogP contribution is -2.56. The maximum Gasteiger partial charge on any atom is 0.327 e. The number of carbonyl (C=O) groups excluding carboxylic acids is 2. The van der Waals surface area contributed by atoms with Crippen LogP contribution in [0.1, 0.15) is 36.5 Å². The number of likely N-dealkylation sites (tertiary alicyclic amines) is 1. The molecule has 0 aromatic heterocycles. The number of carbonyl (C=O) groups is 2. The Hall–Kier alpha value is -3.44. The van der Waals surface area contributed by atoms with Gasteiger partial charge in [-0.1, -0.05) is 78.9 Å². The van der Waals surface area contributed by atoms with E-state index in [0.717, 1.165) is 32.5 Å². The molecule has 2 aliphatic heterocycles. The number of rotatable bonds is 5. The predicted octanol–water partition coefficient (Wildman–Crippen LogP) is 5.14. The summed E-state index contributed by atoms with van der Waals surface area (Å²) in [7, 11) is 0. The van der Waals surface area contributed by atoms with E-state index >= 15 is 0 Å². The summed E-state index contributed by atoms with van der Waals surface area (Å²) in [5.74, 6) is 0.0269. The minimum Gasteiger partial charge on any atom is -0.310 e. The zero-order valence-corrected chi connectivity index (χ0v) is 20.9. The van der Waals surface area contributed by atoms with Gasteiger partial charge >= 0.3 is 6.03 Å². The van der Waals surface area contributed by atoms with Gasteiger partial charge < -0.3 is 4.90 Å². The molecule has 1 aliphatic carbocycles. The summed E-state index contributed by atoms with van der Waals surface area (Å²) < 4.78 is 0. The third-order valence-electron chi connectivity index (χ3n) is 8.43. The van der Waals surface area contributed by atoms with Crippen LogP contribution in [0.4, 0.5) is 4.79 Å². The lowest BCUT2D eigenvalue weighted by atomic mass is 9.85. The molecule has 3 aromatic carbocycles. The maximum absolute atomic E-state index is 13.9. The van der Waals surface area contributed by atoms with Gasteiger partial charge in [-0.15, -0.1) is 0 Å². The van der Waals surface area contributed by atoms with Crippen molar-refractivity contribution in [2.75, 3.05) is 19.6 Å². The average Bonchev–Trinajstić information content (AvgIpc) is 3.42. The number of benzene rings is 3. The molecule has 3 aromatic rings. The lowest BCUT2D eigenvalue weighted by Gasteiger charge is -2.42. The highest BCUT2D eigenvalue weighted by Gasteiger charge is 2.59. The van der Waals surface area contributed by atoms with Crippen LogP contribution in [-0.2, 0) is 24.2 Å². The number of likely N-dealkylation sites (N-methyl/N-ethyl adjacent to an activating group) is 1. The van der Waals surface area contributed by atoms with E-state index in [1.54, 1.807) is 4.90 Å². The second kappa shape index (κ2) is 9.21. The number of urea groups is 1. The third-order valence-corrected chi connectivity index (χ3v) is 8.43. The van der Waals surface area contributed by atoms with Crippen LogP contribution in [0.15, 0.2) is 78.9 Å². The Kier molecular flexibility index (Phi) is 5.88. The summed E-state index contributed by atoms with van der Waals surface area (Å²) in [5.41, 5.74) is 5.56. The first-order chi connectivity index (χ1) is 17.6. The van der Waals surface area contributed by atoms with Crippen molar-refractivity contribution >= 4 is 11.9 Å². The van der Waals surface area contributed by atoms with Gasteiger partial charge in [-0.3, -0.25) is 14.6 Å². The van der Waals surface area contributed by atoms with Crippen LogP contribution in [0, 0.1) is 0 Å². The SMILES string of the molecule is CCN1C(=O)N(C2Cc3ccccc3C2)C(=O)C12CCN(Cc1ccc(-c3ccccc3)cc1)CC2. The Morgan fingerprint density at radius 1 is 0.778 bits per heavy atom. The predicted molar refractivity (Wildman–Crippen MR) is 141 cm³/mol. The zero-order valence-electron chi connectivity index (χ0n) is 20.9. The Balaban J connectivity index is 1.13. The average molecular weight is 480 g/mol. The van der Waals surface area contributed by atoms with Crippen molar-refractivity contribution in [3.63, 3.8) is 0 Å². The molecule has 3 amide bonds. The molecular weight excluding hydrogens is 446 g/mol. The third kappa shape index (κ3) is 3.82. The minimum absolute atomic E-state index is 0.0269. The first kappa shape index (κ1) is 23.0. The first-order valence-corrected chi connectivity index (χ1v) is 13.2. The van der Waals surface area contributed by atoms with Crippen LogP contribution in [0.5, 0.6) is 0 Å². The summed E-state index contributed by atoms with van der Waals surface area (Å²) in [4.78, 5) is 33.3. The monoisotopic (exact) mass is 479 g/mol. The zero-order chi connectivity index (χ0) is 24.7. The van der Waals surface area contributed by atoms with E-state index in [2.05, 4.69) is 65.6 Å². The van der Waals surface area contributed by atoms with E-state index in [1.807, 2.05) is 30.0 Å². The summed E-state index contributed by atoms with van der Waals surface area (Å²) in [5, 5.41) is 0. The second-order valence-corrected chi connectivity index (χ2v) is 10.4. The normalized spacial score (nSPS) is 19.9.